The van der Waals surface area contributed by atoms with Crippen LogP contribution in [0, 0.1) is 5.92 Å². The van der Waals surface area contributed by atoms with Gasteiger partial charge in [0.1, 0.15) is 0 Å². The molecule has 0 saturated heterocycles. The van der Waals surface area contributed by atoms with Crippen molar-refractivity contribution in [3.63, 3.8) is 0 Å². The van der Waals surface area contributed by atoms with Crippen LogP contribution in [0.2, 0.25) is 0 Å². The molecule has 0 bridgehead atoms. The third kappa shape index (κ3) is 3.57. The molecule has 1 aromatic heterocycles. The fourth-order valence-electron chi connectivity index (χ4n) is 1.77. The molecule has 0 aromatic carbocycles. The number of likely N-dealkylation sites (N-methyl/N-ethyl adjacent to an activating group) is 1. The highest BCUT2D eigenvalue weighted by molar-refractivity contribution is 5.41. The van der Waals surface area contributed by atoms with Gasteiger partial charge in [-0.15, -0.1) is 0 Å². The molecule has 1 N–H and O–H groups in total. The first-order chi connectivity index (χ1) is 8.49. The van der Waals surface area contributed by atoms with E-state index in [1.54, 1.807) is 12.3 Å². The monoisotopic (exact) mass is 252 g/mol. The molecular weight excluding hydrogens is 228 g/mol. The molecule has 0 spiro atoms. The molecule has 1 heterocycles. The number of aromatic nitrogens is 2. The summed E-state index contributed by atoms with van der Waals surface area (Å²) in [6.45, 7) is 7.76. The highest BCUT2D eigenvalue weighted by Crippen LogP contribution is 2.07. The van der Waals surface area contributed by atoms with Crippen molar-refractivity contribution < 1.29 is 0 Å². The molecular formula is C13H24N4O. The average molecular weight is 252 g/mol. The summed E-state index contributed by atoms with van der Waals surface area (Å²) >= 11 is 0. The Balaban J connectivity index is 2.89. The van der Waals surface area contributed by atoms with Crippen LogP contribution in [0.3, 0.4) is 0 Å². The summed E-state index contributed by atoms with van der Waals surface area (Å²) in [5, 5.41) is 7.46. The minimum atomic E-state index is -0.0475. The van der Waals surface area contributed by atoms with Crippen LogP contribution in [-0.4, -0.2) is 36.5 Å². The molecule has 5 heteroatoms. The first-order valence-electron chi connectivity index (χ1n) is 6.45. The van der Waals surface area contributed by atoms with Crippen LogP contribution in [0.4, 0.5) is 5.69 Å². The van der Waals surface area contributed by atoms with E-state index in [2.05, 4.69) is 24.3 Å². The van der Waals surface area contributed by atoms with Gasteiger partial charge in [-0.25, -0.2) is 4.68 Å². The van der Waals surface area contributed by atoms with Gasteiger partial charge in [0.2, 0.25) is 0 Å². The normalized spacial score (nSPS) is 12.8. The van der Waals surface area contributed by atoms with Crippen LogP contribution in [0.1, 0.15) is 20.8 Å². The Morgan fingerprint density at radius 1 is 1.50 bits per heavy atom. The maximum atomic E-state index is 12.0. The van der Waals surface area contributed by atoms with E-state index in [0.29, 0.717) is 12.5 Å². The molecule has 0 aliphatic rings. The zero-order valence-corrected chi connectivity index (χ0v) is 12.0. The van der Waals surface area contributed by atoms with Gasteiger partial charge in [-0.05, 0) is 19.9 Å². The second kappa shape index (κ2) is 6.54. The van der Waals surface area contributed by atoms with Crippen LogP contribution < -0.4 is 15.8 Å². The SMILES string of the molecule is CCN(C)c1cnn(CC(NC)C(C)C)c(=O)c1. The van der Waals surface area contributed by atoms with Gasteiger partial charge in [0, 0.05) is 25.7 Å². The largest absolute Gasteiger partial charge is 0.373 e. The van der Waals surface area contributed by atoms with E-state index in [-0.39, 0.29) is 11.6 Å². The predicted molar refractivity (Wildman–Crippen MR) is 75.1 cm³/mol. The molecule has 0 aliphatic heterocycles. The lowest BCUT2D eigenvalue weighted by molar-refractivity contribution is 0.355. The maximum Gasteiger partial charge on any atom is 0.268 e. The van der Waals surface area contributed by atoms with Gasteiger partial charge >= 0.3 is 0 Å². The molecule has 0 fully saturated rings. The summed E-state index contributed by atoms with van der Waals surface area (Å²) in [5.74, 6) is 0.460. The fraction of sp³-hybridized carbons (Fsp3) is 0.692. The Morgan fingerprint density at radius 3 is 2.61 bits per heavy atom. The van der Waals surface area contributed by atoms with Crippen LogP contribution in [-0.2, 0) is 6.54 Å². The molecule has 1 atom stereocenters. The summed E-state index contributed by atoms with van der Waals surface area (Å²) in [6.07, 6.45) is 1.75. The maximum absolute atomic E-state index is 12.0. The van der Waals surface area contributed by atoms with Crippen molar-refractivity contribution in [1.29, 1.82) is 0 Å². The summed E-state index contributed by atoms with van der Waals surface area (Å²) < 4.78 is 1.52. The van der Waals surface area contributed by atoms with Crippen molar-refractivity contribution in [2.75, 3.05) is 25.5 Å². The Morgan fingerprint density at radius 2 is 2.17 bits per heavy atom. The first kappa shape index (κ1) is 14.7. The Labute approximate surface area is 109 Å². The summed E-state index contributed by atoms with van der Waals surface area (Å²) in [6, 6.07) is 1.90. The van der Waals surface area contributed by atoms with Crippen LogP contribution in [0.5, 0.6) is 0 Å². The third-order valence-corrected chi connectivity index (χ3v) is 3.32. The lowest BCUT2D eigenvalue weighted by Crippen LogP contribution is -2.39. The van der Waals surface area contributed by atoms with Gasteiger partial charge in [-0.1, -0.05) is 13.8 Å². The zero-order chi connectivity index (χ0) is 13.7. The Bertz CT molecular complexity index is 427. The molecule has 0 amide bonds. The van der Waals surface area contributed by atoms with E-state index in [1.807, 2.05) is 25.9 Å². The first-order valence-corrected chi connectivity index (χ1v) is 6.45. The topological polar surface area (TPSA) is 50.2 Å². The highest BCUT2D eigenvalue weighted by Gasteiger charge is 2.13. The average Bonchev–Trinajstić information content (AvgIpc) is 2.35. The van der Waals surface area contributed by atoms with Gasteiger partial charge in [0.25, 0.3) is 5.56 Å². The Hall–Kier alpha value is -1.36. The van der Waals surface area contributed by atoms with Crippen LogP contribution in [0.25, 0.3) is 0 Å². The van der Waals surface area contributed by atoms with Crippen molar-refractivity contribution in [1.82, 2.24) is 15.1 Å². The molecule has 102 valence electrons. The molecule has 18 heavy (non-hydrogen) atoms. The Kier molecular flexibility index (Phi) is 5.34. The van der Waals surface area contributed by atoms with E-state index in [1.165, 1.54) is 4.68 Å². The molecule has 0 aliphatic carbocycles. The molecule has 0 saturated carbocycles. The summed E-state index contributed by atoms with van der Waals surface area (Å²) in [7, 11) is 3.86. The number of hydrogen-bond acceptors (Lipinski definition) is 4. The van der Waals surface area contributed by atoms with E-state index in [4.69, 9.17) is 0 Å². The van der Waals surface area contributed by atoms with Crippen molar-refractivity contribution >= 4 is 5.69 Å². The summed E-state index contributed by atoms with van der Waals surface area (Å²) in [5.41, 5.74) is 0.818. The number of hydrogen-bond donors (Lipinski definition) is 1. The van der Waals surface area contributed by atoms with E-state index < -0.39 is 0 Å². The standard InChI is InChI=1S/C13H24N4O/c1-6-16(5)11-7-13(18)17(15-8-11)9-12(14-4)10(2)3/h7-8,10,12,14H,6,9H2,1-5H3. The summed E-state index contributed by atoms with van der Waals surface area (Å²) in [4.78, 5) is 14.0. The van der Waals surface area contributed by atoms with Gasteiger partial charge < -0.3 is 10.2 Å². The van der Waals surface area contributed by atoms with E-state index in [0.717, 1.165) is 12.2 Å². The van der Waals surface area contributed by atoms with E-state index in [9.17, 15) is 4.79 Å². The van der Waals surface area contributed by atoms with Crippen LogP contribution in [0.15, 0.2) is 17.1 Å². The molecule has 5 nitrogen and oxygen atoms in total. The molecule has 1 unspecified atom stereocenters. The third-order valence-electron chi connectivity index (χ3n) is 3.32. The van der Waals surface area contributed by atoms with Crippen molar-refractivity contribution in [2.45, 2.75) is 33.4 Å². The van der Waals surface area contributed by atoms with Gasteiger partial charge in [-0.3, -0.25) is 4.79 Å². The minimum Gasteiger partial charge on any atom is -0.373 e. The fourth-order valence-corrected chi connectivity index (χ4v) is 1.77. The van der Waals surface area contributed by atoms with Gasteiger partial charge in [0.15, 0.2) is 0 Å². The highest BCUT2D eigenvalue weighted by atomic mass is 16.1. The lowest BCUT2D eigenvalue weighted by Gasteiger charge is -2.21. The van der Waals surface area contributed by atoms with Crippen molar-refractivity contribution in [2.24, 2.45) is 5.92 Å². The van der Waals surface area contributed by atoms with Gasteiger partial charge in [-0.2, -0.15) is 5.10 Å². The number of nitrogens with one attached hydrogen (secondary N) is 1. The molecule has 0 radical (unpaired) electrons. The van der Waals surface area contributed by atoms with Crippen LogP contribution >= 0.6 is 0 Å². The lowest BCUT2D eigenvalue weighted by atomic mass is 10.1. The predicted octanol–water partition coefficient (Wildman–Crippen LogP) is 0.943. The second-order valence-corrected chi connectivity index (χ2v) is 4.89. The number of anilines is 1. The quantitative estimate of drug-likeness (QED) is 0.819. The molecule has 1 rings (SSSR count). The smallest absolute Gasteiger partial charge is 0.268 e. The van der Waals surface area contributed by atoms with E-state index >= 15 is 0 Å². The zero-order valence-electron chi connectivity index (χ0n) is 12.0. The number of nitrogens with zero attached hydrogens (tertiary/aromatic N) is 3. The number of rotatable bonds is 6. The van der Waals surface area contributed by atoms with Crippen molar-refractivity contribution in [3.05, 3.63) is 22.6 Å². The van der Waals surface area contributed by atoms with Crippen molar-refractivity contribution in [3.8, 4) is 0 Å². The minimum absolute atomic E-state index is 0.0475. The molecule has 1 aromatic rings. The van der Waals surface area contributed by atoms with Gasteiger partial charge in [0.05, 0.1) is 18.4 Å². The second-order valence-electron chi connectivity index (χ2n) is 4.89.